The van der Waals surface area contributed by atoms with Crippen LogP contribution in [0.15, 0.2) is 53.3 Å². The first kappa shape index (κ1) is 18.6. The highest BCUT2D eigenvalue weighted by atomic mass is 79.9. The van der Waals surface area contributed by atoms with Gasteiger partial charge in [0.2, 0.25) is 0 Å². The third kappa shape index (κ3) is 2.98. The lowest BCUT2D eigenvalue weighted by Crippen LogP contribution is -2.11. The van der Waals surface area contributed by atoms with Crippen molar-refractivity contribution < 1.29 is 14.6 Å². The summed E-state index contributed by atoms with van der Waals surface area (Å²) in [5.41, 5.74) is 3.29. The van der Waals surface area contributed by atoms with Gasteiger partial charge in [0.15, 0.2) is 11.5 Å². The van der Waals surface area contributed by atoms with Gasteiger partial charge in [-0.1, -0.05) is 28.1 Å². The van der Waals surface area contributed by atoms with Crippen LogP contribution in [0.25, 0.3) is 17.1 Å². The lowest BCUT2D eigenvalue weighted by Gasteiger charge is -2.09. The molecular formula is C21H16BrN5O3. The summed E-state index contributed by atoms with van der Waals surface area (Å²) in [4.78, 5) is 15.9. The zero-order valence-corrected chi connectivity index (χ0v) is 17.5. The van der Waals surface area contributed by atoms with Gasteiger partial charge in [-0.05, 0) is 35.9 Å². The largest absolute Gasteiger partial charge is 0.497 e. The van der Waals surface area contributed by atoms with Gasteiger partial charge in [0.1, 0.15) is 17.9 Å². The van der Waals surface area contributed by atoms with E-state index in [-0.39, 0.29) is 5.69 Å². The van der Waals surface area contributed by atoms with Gasteiger partial charge in [0.05, 0.1) is 25.0 Å². The van der Waals surface area contributed by atoms with Crippen molar-refractivity contribution in [1.29, 1.82) is 0 Å². The fraction of sp³-hybridized carbons (Fsp3) is 0.143. The third-order valence-electron chi connectivity index (χ3n) is 5.16. The van der Waals surface area contributed by atoms with Gasteiger partial charge >= 0.3 is 5.97 Å². The quantitative estimate of drug-likeness (QED) is 0.436. The fourth-order valence-electron chi connectivity index (χ4n) is 3.75. The summed E-state index contributed by atoms with van der Waals surface area (Å²) in [6.07, 6.45) is 2.08. The molecule has 0 saturated carbocycles. The molecule has 0 radical (unpaired) electrons. The van der Waals surface area contributed by atoms with Gasteiger partial charge in [0, 0.05) is 16.5 Å². The highest BCUT2D eigenvalue weighted by molar-refractivity contribution is 9.10. The first-order chi connectivity index (χ1) is 14.5. The number of fused-ring (bicyclic) bond motifs is 5. The molecule has 3 heterocycles. The molecule has 1 aliphatic heterocycles. The molecule has 0 amide bonds. The van der Waals surface area contributed by atoms with Crippen LogP contribution in [0, 0.1) is 0 Å². The Bertz CT molecular complexity index is 1290. The second-order valence-corrected chi connectivity index (χ2v) is 7.85. The molecule has 8 nitrogen and oxygen atoms in total. The Morgan fingerprint density at radius 3 is 2.90 bits per heavy atom. The van der Waals surface area contributed by atoms with Crippen LogP contribution in [-0.4, -0.2) is 42.5 Å². The van der Waals surface area contributed by atoms with Gasteiger partial charge in [-0.25, -0.2) is 9.78 Å². The highest BCUT2D eigenvalue weighted by Gasteiger charge is 2.28. The number of aromatic carboxylic acids is 1. The van der Waals surface area contributed by atoms with Crippen LogP contribution in [0.3, 0.4) is 0 Å². The SMILES string of the molecule is COc1cccc(Cc2nnc3n2Cc2c(C(=O)O)ncn2-c2ccc(Br)cc2-3)c1. The normalized spacial score (nSPS) is 11.9. The summed E-state index contributed by atoms with van der Waals surface area (Å²) in [6, 6.07) is 13.6. The maximum atomic E-state index is 11.8. The Morgan fingerprint density at radius 2 is 2.10 bits per heavy atom. The van der Waals surface area contributed by atoms with Crippen LogP contribution in [0.2, 0.25) is 0 Å². The average molecular weight is 466 g/mol. The van der Waals surface area contributed by atoms with E-state index in [1.54, 1.807) is 13.4 Å². The van der Waals surface area contributed by atoms with Crippen LogP contribution in [0.5, 0.6) is 5.75 Å². The van der Waals surface area contributed by atoms with E-state index in [1.807, 2.05) is 51.6 Å². The summed E-state index contributed by atoms with van der Waals surface area (Å²) in [6.45, 7) is 0.301. The summed E-state index contributed by atoms with van der Waals surface area (Å²) in [7, 11) is 1.63. The fourth-order valence-corrected chi connectivity index (χ4v) is 4.12. The molecule has 0 unspecified atom stereocenters. The molecule has 9 heteroatoms. The number of ether oxygens (including phenoxy) is 1. The Hall–Kier alpha value is -3.46. The maximum absolute atomic E-state index is 11.8. The van der Waals surface area contributed by atoms with Gasteiger partial charge in [0.25, 0.3) is 0 Å². The molecular weight excluding hydrogens is 450 g/mol. The van der Waals surface area contributed by atoms with Gasteiger partial charge < -0.3 is 14.4 Å². The van der Waals surface area contributed by atoms with Crippen molar-refractivity contribution >= 4 is 21.9 Å². The number of carboxylic acid groups (broad SMARTS) is 1. The van der Waals surface area contributed by atoms with Crippen molar-refractivity contribution in [3.05, 3.63) is 76.0 Å². The second kappa shape index (κ2) is 7.10. The number of hydrogen-bond acceptors (Lipinski definition) is 5. The lowest BCUT2D eigenvalue weighted by atomic mass is 10.1. The van der Waals surface area contributed by atoms with E-state index in [0.29, 0.717) is 24.5 Å². The number of aromatic nitrogens is 5. The minimum absolute atomic E-state index is 0.0257. The molecule has 2 aromatic heterocycles. The zero-order chi connectivity index (χ0) is 20.8. The van der Waals surface area contributed by atoms with E-state index >= 15 is 0 Å². The van der Waals surface area contributed by atoms with E-state index in [0.717, 1.165) is 32.9 Å². The number of hydrogen-bond donors (Lipinski definition) is 1. The van der Waals surface area contributed by atoms with Crippen molar-refractivity contribution in [2.75, 3.05) is 7.11 Å². The summed E-state index contributed by atoms with van der Waals surface area (Å²) >= 11 is 3.52. The van der Waals surface area contributed by atoms with E-state index < -0.39 is 5.97 Å². The number of benzene rings is 2. The Kier molecular flexibility index (Phi) is 4.39. The second-order valence-electron chi connectivity index (χ2n) is 6.93. The molecule has 150 valence electrons. The maximum Gasteiger partial charge on any atom is 0.356 e. The smallest absolute Gasteiger partial charge is 0.356 e. The molecule has 1 N–H and O–H groups in total. The molecule has 0 aliphatic carbocycles. The Morgan fingerprint density at radius 1 is 1.23 bits per heavy atom. The van der Waals surface area contributed by atoms with Crippen LogP contribution in [0.4, 0.5) is 0 Å². The summed E-state index contributed by atoms with van der Waals surface area (Å²) in [5, 5.41) is 18.5. The number of halogens is 1. The van der Waals surface area contributed by atoms with Gasteiger partial charge in [-0.3, -0.25) is 4.57 Å². The number of rotatable bonds is 4. The van der Waals surface area contributed by atoms with Crippen molar-refractivity contribution in [3.63, 3.8) is 0 Å². The lowest BCUT2D eigenvalue weighted by molar-refractivity contribution is 0.0689. The summed E-state index contributed by atoms with van der Waals surface area (Å²) < 4.78 is 9.99. The molecule has 30 heavy (non-hydrogen) atoms. The van der Waals surface area contributed by atoms with Crippen LogP contribution < -0.4 is 4.74 Å². The molecule has 0 spiro atoms. The molecule has 5 rings (SSSR count). The van der Waals surface area contributed by atoms with Crippen LogP contribution >= 0.6 is 15.9 Å². The molecule has 0 bridgehead atoms. The number of imidazole rings is 1. The van der Waals surface area contributed by atoms with Gasteiger partial charge in [-0.2, -0.15) is 0 Å². The average Bonchev–Trinajstić information content (AvgIpc) is 3.30. The predicted octanol–water partition coefficient (Wildman–Crippen LogP) is 3.55. The Balaban J connectivity index is 1.69. The molecule has 0 atom stereocenters. The minimum atomic E-state index is -1.06. The van der Waals surface area contributed by atoms with E-state index in [4.69, 9.17) is 4.74 Å². The van der Waals surface area contributed by atoms with Crippen LogP contribution in [0.1, 0.15) is 27.6 Å². The number of carboxylic acids is 1. The number of carbonyl (C=O) groups is 1. The number of nitrogens with zero attached hydrogens (tertiary/aromatic N) is 5. The molecule has 0 saturated heterocycles. The minimum Gasteiger partial charge on any atom is -0.497 e. The monoisotopic (exact) mass is 465 g/mol. The Labute approximate surface area is 179 Å². The van der Waals surface area contributed by atoms with Crippen molar-refractivity contribution in [2.24, 2.45) is 0 Å². The standard InChI is InChI=1S/C21H16BrN5O3/c1-30-14-4-2-3-12(7-14)8-18-24-25-20-15-9-13(22)5-6-16(15)27-11-23-19(21(28)29)17(27)10-26(18)20/h2-7,9,11H,8,10H2,1H3,(H,28,29). The number of methoxy groups -OCH3 is 1. The van der Waals surface area contributed by atoms with E-state index in [1.165, 1.54) is 0 Å². The first-order valence-corrected chi connectivity index (χ1v) is 9.99. The van der Waals surface area contributed by atoms with Crippen molar-refractivity contribution in [1.82, 2.24) is 24.3 Å². The van der Waals surface area contributed by atoms with Crippen LogP contribution in [-0.2, 0) is 13.0 Å². The third-order valence-corrected chi connectivity index (χ3v) is 5.65. The van der Waals surface area contributed by atoms with Crippen molar-refractivity contribution in [3.8, 4) is 22.8 Å². The van der Waals surface area contributed by atoms with E-state index in [2.05, 4.69) is 31.1 Å². The topological polar surface area (TPSA) is 95.1 Å². The predicted molar refractivity (Wildman–Crippen MR) is 112 cm³/mol. The van der Waals surface area contributed by atoms with E-state index in [9.17, 15) is 9.90 Å². The molecule has 1 aliphatic rings. The molecule has 2 aromatic carbocycles. The van der Waals surface area contributed by atoms with Crippen molar-refractivity contribution in [2.45, 2.75) is 13.0 Å². The molecule has 0 fully saturated rings. The van der Waals surface area contributed by atoms with Gasteiger partial charge in [-0.15, -0.1) is 10.2 Å². The summed E-state index contributed by atoms with van der Waals surface area (Å²) in [5.74, 6) is 1.12. The molecule has 4 aromatic rings. The highest BCUT2D eigenvalue weighted by Crippen LogP contribution is 2.34. The first-order valence-electron chi connectivity index (χ1n) is 9.20. The zero-order valence-electron chi connectivity index (χ0n) is 15.9.